The fourth-order valence-electron chi connectivity index (χ4n) is 3.04. The lowest BCUT2D eigenvalue weighted by atomic mass is 10.2. The maximum Gasteiger partial charge on any atom is 0.194 e. The molecular weight excluding hydrogens is 316 g/mol. The van der Waals surface area contributed by atoms with Crippen molar-refractivity contribution in [3.63, 3.8) is 0 Å². The van der Waals surface area contributed by atoms with E-state index in [1.807, 2.05) is 43.2 Å². The minimum atomic E-state index is 0.673. The maximum absolute atomic E-state index is 5.33. The number of hydrogen-bond donors (Lipinski definition) is 1. The third-order valence-electron chi connectivity index (χ3n) is 4.54. The van der Waals surface area contributed by atoms with Gasteiger partial charge in [0.15, 0.2) is 5.96 Å². The van der Waals surface area contributed by atoms with Crippen LogP contribution in [0.25, 0.3) is 0 Å². The summed E-state index contributed by atoms with van der Waals surface area (Å²) in [6.07, 6.45) is 3.76. The second-order valence-corrected chi connectivity index (χ2v) is 6.03. The second-order valence-electron chi connectivity index (χ2n) is 6.03. The van der Waals surface area contributed by atoms with E-state index < -0.39 is 0 Å². The molecule has 0 saturated carbocycles. The van der Waals surface area contributed by atoms with Crippen LogP contribution in [0.2, 0.25) is 0 Å². The van der Waals surface area contributed by atoms with Crippen LogP contribution in [0.5, 0.6) is 5.75 Å². The molecular formula is C18H26N6O. The first kappa shape index (κ1) is 17.1. The molecule has 0 amide bonds. The van der Waals surface area contributed by atoms with E-state index in [4.69, 9.17) is 4.74 Å². The molecule has 1 aliphatic heterocycles. The third-order valence-corrected chi connectivity index (χ3v) is 4.54. The normalized spacial score (nSPS) is 15.4. The molecule has 1 aliphatic rings. The van der Waals surface area contributed by atoms with Crippen LogP contribution in [0.15, 0.2) is 41.7 Å². The van der Waals surface area contributed by atoms with Crippen molar-refractivity contribution in [3.05, 3.63) is 42.5 Å². The predicted octanol–water partition coefficient (Wildman–Crippen LogP) is 1.33. The molecule has 3 rings (SSSR count). The zero-order valence-electron chi connectivity index (χ0n) is 15.1. The van der Waals surface area contributed by atoms with Gasteiger partial charge in [-0.2, -0.15) is 0 Å². The number of aryl methyl sites for hydroxylation is 1. The molecule has 25 heavy (non-hydrogen) atoms. The Hall–Kier alpha value is -2.70. The molecule has 0 radical (unpaired) electrons. The average molecular weight is 342 g/mol. The molecule has 1 N–H and O–H groups in total. The Kier molecular flexibility index (Phi) is 5.42. The molecule has 1 aromatic carbocycles. The topological polar surface area (TPSA) is 57.9 Å². The Morgan fingerprint density at radius 2 is 2.08 bits per heavy atom. The van der Waals surface area contributed by atoms with Crippen molar-refractivity contribution in [1.82, 2.24) is 19.8 Å². The van der Waals surface area contributed by atoms with Gasteiger partial charge < -0.3 is 24.4 Å². The van der Waals surface area contributed by atoms with Gasteiger partial charge >= 0.3 is 0 Å². The number of piperazine rings is 1. The summed E-state index contributed by atoms with van der Waals surface area (Å²) in [6.45, 7) is 4.44. The van der Waals surface area contributed by atoms with Crippen LogP contribution in [0.3, 0.4) is 0 Å². The summed E-state index contributed by atoms with van der Waals surface area (Å²) in [7, 11) is 5.53. The van der Waals surface area contributed by atoms with Crippen molar-refractivity contribution in [2.75, 3.05) is 45.2 Å². The highest BCUT2D eigenvalue weighted by molar-refractivity contribution is 5.80. The van der Waals surface area contributed by atoms with Crippen molar-refractivity contribution in [2.45, 2.75) is 6.54 Å². The van der Waals surface area contributed by atoms with Gasteiger partial charge in [0.25, 0.3) is 0 Å². The highest BCUT2D eigenvalue weighted by atomic mass is 16.5. The molecule has 0 aliphatic carbocycles. The molecule has 0 atom stereocenters. The molecule has 1 fully saturated rings. The highest BCUT2D eigenvalue weighted by Gasteiger charge is 2.20. The summed E-state index contributed by atoms with van der Waals surface area (Å²) < 4.78 is 7.34. The number of imidazole rings is 1. The highest BCUT2D eigenvalue weighted by Crippen LogP contribution is 2.22. The molecule has 0 bridgehead atoms. The molecule has 7 nitrogen and oxygen atoms in total. The Bertz CT molecular complexity index is 718. The molecule has 1 aromatic heterocycles. The number of methoxy groups -OCH3 is 1. The van der Waals surface area contributed by atoms with Crippen LogP contribution < -0.4 is 15.0 Å². The molecule has 0 spiro atoms. The average Bonchev–Trinajstić information content (AvgIpc) is 3.08. The lowest BCUT2D eigenvalue weighted by molar-refractivity contribution is 0.371. The van der Waals surface area contributed by atoms with E-state index in [1.165, 1.54) is 5.69 Å². The van der Waals surface area contributed by atoms with Crippen LogP contribution in [-0.4, -0.2) is 60.7 Å². The largest absolute Gasteiger partial charge is 0.497 e. The number of ether oxygens (including phenoxy) is 1. The van der Waals surface area contributed by atoms with Crippen LogP contribution in [0.1, 0.15) is 5.82 Å². The molecule has 2 heterocycles. The lowest BCUT2D eigenvalue weighted by Gasteiger charge is -2.37. The van der Waals surface area contributed by atoms with Gasteiger partial charge in [0, 0.05) is 64.4 Å². The van der Waals surface area contributed by atoms with Crippen LogP contribution >= 0.6 is 0 Å². The fourth-order valence-corrected chi connectivity index (χ4v) is 3.04. The van der Waals surface area contributed by atoms with E-state index in [-0.39, 0.29) is 0 Å². The molecule has 0 unspecified atom stereocenters. The second kappa shape index (κ2) is 7.92. The van der Waals surface area contributed by atoms with Gasteiger partial charge in [-0.3, -0.25) is 4.99 Å². The van der Waals surface area contributed by atoms with Gasteiger partial charge in [-0.1, -0.05) is 6.07 Å². The number of guanidine groups is 1. The van der Waals surface area contributed by atoms with Crippen molar-refractivity contribution in [1.29, 1.82) is 0 Å². The van der Waals surface area contributed by atoms with Gasteiger partial charge in [0.1, 0.15) is 11.6 Å². The van der Waals surface area contributed by atoms with Gasteiger partial charge in [0.05, 0.1) is 13.7 Å². The van der Waals surface area contributed by atoms with Crippen molar-refractivity contribution >= 4 is 11.6 Å². The summed E-state index contributed by atoms with van der Waals surface area (Å²) in [6, 6.07) is 8.23. The minimum absolute atomic E-state index is 0.673. The standard InChI is InChI=1S/C18H26N6O/c1-19-18(21-14-17-20-7-8-22(17)2)24-11-9-23(10-12-24)15-5-4-6-16(13-15)25-3/h4-8,13H,9-12,14H2,1-3H3,(H,19,21). The molecule has 1 saturated heterocycles. The summed E-state index contributed by atoms with van der Waals surface area (Å²) in [5.41, 5.74) is 1.20. The Balaban J connectivity index is 1.56. The SMILES string of the molecule is CN=C(NCc1nccn1C)N1CCN(c2cccc(OC)c2)CC1. The molecule has 2 aromatic rings. The van der Waals surface area contributed by atoms with E-state index in [0.29, 0.717) is 6.54 Å². The zero-order chi connectivity index (χ0) is 17.6. The zero-order valence-corrected chi connectivity index (χ0v) is 15.1. The number of nitrogens with one attached hydrogen (secondary N) is 1. The summed E-state index contributed by atoms with van der Waals surface area (Å²) in [4.78, 5) is 13.4. The van der Waals surface area contributed by atoms with Gasteiger partial charge in [-0.05, 0) is 12.1 Å². The van der Waals surface area contributed by atoms with E-state index >= 15 is 0 Å². The predicted molar refractivity (Wildman–Crippen MR) is 100 cm³/mol. The Labute approximate surface area is 148 Å². The van der Waals surface area contributed by atoms with E-state index in [2.05, 4.69) is 37.2 Å². The number of rotatable bonds is 4. The number of benzene rings is 1. The first-order valence-electron chi connectivity index (χ1n) is 8.52. The van der Waals surface area contributed by atoms with E-state index in [9.17, 15) is 0 Å². The maximum atomic E-state index is 5.33. The van der Waals surface area contributed by atoms with Crippen molar-refractivity contribution < 1.29 is 4.74 Å². The van der Waals surface area contributed by atoms with Crippen LogP contribution in [0, 0.1) is 0 Å². The summed E-state index contributed by atoms with van der Waals surface area (Å²) in [5.74, 6) is 2.82. The third kappa shape index (κ3) is 4.04. The lowest BCUT2D eigenvalue weighted by Crippen LogP contribution is -2.52. The summed E-state index contributed by atoms with van der Waals surface area (Å²) in [5, 5.41) is 3.41. The van der Waals surface area contributed by atoms with Gasteiger partial charge in [-0.25, -0.2) is 4.98 Å². The first-order valence-corrected chi connectivity index (χ1v) is 8.52. The minimum Gasteiger partial charge on any atom is -0.497 e. The van der Waals surface area contributed by atoms with E-state index in [0.717, 1.165) is 43.7 Å². The number of nitrogens with zero attached hydrogens (tertiary/aromatic N) is 5. The smallest absolute Gasteiger partial charge is 0.194 e. The Morgan fingerprint density at radius 1 is 1.28 bits per heavy atom. The van der Waals surface area contributed by atoms with Gasteiger partial charge in [0.2, 0.25) is 0 Å². The monoisotopic (exact) mass is 342 g/mol. The van der Waals surface area contributed by atoms with E-state index in [1.54, 1.807) is 7.11 Å². The van der Waals surface area contributed by atoms with Crippen molar-refractivity contribution in [3.8, 4) is 5.75 Å². The van der Waals surface area contributed by atoms with Crippen molar-refractivity contribution in [2.24, 2.45) is 12.0 Å². The fraction of sp³-hybridized carbons (Fsp3) is 0.444. The number of anilines is 1. The summed E-state index contributed by atoms with van der Waals surface area (Å²) >= 11 is 0. The number of hydrogen-bond acceptors (Lipinski definition) is 4. The first-order chi connectivity index (χ1) is 12.2. The van der Waals surface area contributed by atoms with Gasteiger partial charge in [-0.15, -0.1) is 0 Å². The van der Waals surface area contributed by atoms with Crippen LogP contribution in [-0.2, 0) is 13.6 Å². The molecule has 7 heteroatoms. The Morgan fingerprint density at radius 3 is 2.72 bits per heavy atom. The number of aromatic nitrogens is 2. The molecule has 134 valence electrons. The quantitative estimate of drug-likeness (QED) is 0.671. The van der Waals surface area contributed by atoms with Crippen LogP contribution in [0.4, 0.5) is 5.69 Å². The number of aliphatic imine (C=N–C) groups is 1.